The molecule has 0 aromatic heterocycles. The number of carbonyl (C=O) groups is 2. The lowest BCUT2D eigenvalue weighted by Gasteiger charge is -2.15. The van der Waals surface area contributed by atoms with Gasteiger partial charge in [-0.25, -0.2) is 0 Å². The van der Waals surface area contributed by atoms with E-state index in [1.54, 1.807) is 24.3 Å². The van der Waals surface area contributed by atoms with Crippen molar-refractivity contribution in [2.45, 2.75) is 23.8 Å². The number of hydrogen-bond acceptors (Lipinski definition) is 4. The molecule has 0 heterocycles. The third kappa shape index (κ3) is 3.55. The summed E-state index contributed by atoms with van der Waals surface area (Å²) in [6, 6.07) is 19.4. The summed E-state index contributed by atoms with van der Waals surface area (Å²) in [5.74, 6) is -1.02. The van der Waals surface area contributed by atoms with Crippen molar-refractivity contribution in [2.75, 3.05) is 5.75 Å². The van der Waals surface area contributed by atoms with E-state index in [-0.39, 0.29) is 5.75 Å². The highest BCUT2D eigenvalue weighted by atomic mass is 32.2. The van der Waals surface area contributed by atoms with Gasteiger partial charge in [0, 0.05) is 10.5 Å². The Morgan fingerprint density at radius 2 is 1.70 bits per heavy atom. The van der Waals surface area contributed by atoms with Gasteiger partial charge >= 0.3 is 5.97 Å². The van der Waals surface area contributed by atoms with Crippen LogP contribution >= 0.6 is 11.8 Å². The van der Waals surface area contributed by atoms with Crippen molar-refractivity contribution in [1.29, 1.82) is 0 Å². The van der Waals surface area contributed by atoms with Gasteiger partial charge in [0.2, 0.25) is 6.10 Å². The molecule has 0 saturated carbocycles. The Kier molecular flexibility index (Phi) is 4.86. The van der Waals surface area contributed by atoms with Gasteiger partial charge in [-0.3, -0.25) is 9.59 Å². The maximum absolute atomic E-state index is 12.3. The molecule has 4 nitrogen and oxygen atoms in total. The smallest absolute Gasteiger partial charge is 0.317 e. The summed E-state index contributed by atoms with van der Waals surface area (Å²) < 4.78 is 5.36. The molecular weight excluding hydrogens is 358 g/mol. The van der Waals surface area contributed by atoms with Crippen LogP contribution in [0.5, 0.6) is 0 Å². The number of nitrogens with two attached hydrogens (primary N) is 1. The summed E-state index contributed by atoms with van der Waals surface area (Å²) in [7, 11) is 0. The Hall–Kier alpha value is -2.79. The number of benzene rings is 3. The van der Waals surface area contributed by atoms with Crippen LogP contribution in [-0.4, -0.2) is 17.6 Å². The van der Waals surface area contributed by atoms with Crippen molar-refractivity contribution < 1.29 is 14.3 Å². The number of rotatable bonds is 6. The number of carbonyl (C=O) groups excluding carboxylic acids is 2. The molecule has 136 valence electrons. The Morgan fingerprint density at radius 3 is 2.44 bits per heavy atom. The Balaban J connectivity index is 1.48. The normalized spacial score (nSPS) is 13.5. The Bertz CT molecular complexity index is 1010. The number of ether oxygens (including phenoxy) is 1. The summed E-state index contributed by atoms with van der Waals surface area (Å²) in [6.07, 6.45) is 1.08. The maximum atomic E-state index is 12.3. The molecule has 1 unspecified atom stereocenters. The SMILES string of the molecule is NC(=O)C(OC(=O)CSc1ccc2c3c(cccc13)CC2)c1ccccc1. The van der Waals surface area contributed by atoms with Crippen molar-refractivity contribution in [3.8, 4) is 0 Å². The van der Waals surface area contributed by atoms with Crippen LogP contribution in [0.15, 0.2) is 65.6 Å². The highest BCUT2D eigenvalue weighted by molar-refractivity contribution is 8.00. The van der Waals surface area contributed by atoms with Gasteiger partial charge < -0.3 is 10.5 Å². The molecule has 4 rings (SSSR count). The van der Waals surface area contributed by atoms with Crippen LogP contribution in [0, 0.1) is 0 Å². The molecule has 1 aliphatic carbocycles. The monoisotopic (exact) mass is 377 g/mol. The second-order valence-electron chi connectivity index (χ2n) is 6.53. The van der Waals surface area contributed by atoms with Gasteiger partial charge in [-0.05, 0) is 40.8 Å². The number of hydrogen-bond donors (Lipinski definition) is 1. The van der Waals surface area contributed by atoms with Crippen molar-refractivity contribution in [3.63, 3.8) is 0 Å². The lowest BCUT2D eigenvalue weighted by atomic mass is 10.1. The number of amides is 1. The molecular formula is C22H19NO3S. The van der Waals surface area contributed by atoms with Crippen molar-refractivity contribution in [3.05, 3.63) is 77.4 Å². The van der Waals surface area contributed by atoms with E-state index in [4.69, 9.17) is 10.5 Å². The molecule has 0 bridgehead atoms. The van der Waals surface area contributed by atoms with E-state index in [9.17, 15) is 9.59 Å². The summed E-state index contributed by atoms with van der Waals surface area (Å²) in [5, 5.41) is 2.49. The quantitative estimate of drug-likeness (QED) is 0.524. The number of esters is 1. The first-order valence-corrected chi connectivity index (χ1v) is 9.82. The topological polar surface area (TPSA) is 69.4 Å². The molecule has 1 aliphatic rings. The van der Waals surface area contributed by atoms with Gasteiger partial charge in [0.25, 0.3) is 5.91 Å². The molecule has 0 saturated heterocycles. The maximum Gasteiger partial charge on any atom is 0.317 e. The van der Waals surface area contributed by atoms with Gasteiger partial charge in [0.15, 0.2) is 0 Å². The molecule has 2 N–H and O–H groups in total. The first-order chi connectivity index (χ1) is 13.1. The lowest BCUT2D eigenvalue weighted by molar-refractivity contribution is -0.152. The highest BCUT2D eigenvalue weighted by Gasteiger charge is 2.23. The number of thioether (sulfide) groups is 1. The molecule has 1 atom stereocenters. The zero-order chi connectivity index (χ0) is 18.8. The lowest BCUT2D eigenvalue weighted by Crippen LogP contribution is -2.26. The third-order valence-corrected chi connectivity index (χ3v) is 5.84. The van der Waals surface area contributed by atoms with Crippen molar-refractivity contribution in [2.24, 2.45) is 5.73 Å². The molecule has 0 fully saturated rings. The fraction of sp³-hybridized carbons (Fsp3) is 0.182. The van der Waals surface area contributed by atoms with Crippen LogP contribution in [0.1, 0.15) is 22.8 Å². The van der Waals surface area contributed by atoms with Crippen LogP contribution in [0.3, 0.4) is 0 Å². The highest BCUT2D eigenvalue weighted by Crippen LogP contribution is 2.36. The van der Waals surface area contributed by atoms with Gasteiger partial charge in [-0.1, -0.05) is 54.6 Å². The van der Waals surface area contributed by atoms with E-state index in [0.29, 0.717) is 5.56 Å². The van der Waals surface area contributed by atoms with Crippen molar-refractivity contribution in [1.82, 2.24) is 0 Å². The molecule has 3 aromatic rings. The van der Waals surface area contributed by atoms with Crippen LogP contribution in [-0.2, 0) is 27.2 Å². The molecule has 0 aliphatic heterocycles. The molecule has 27 heavy (non-hydrogen) atoms. The molecule has 0 spiro atoms. The second kappa shape index (κ2) is 7.45. The first-order valence-electron chi connectivity index (χ1n) is 8.83. The minimum atomic E-state index is -1.06. The summed E-state index contributed by atoms with van der Waals surface area (Å²) in [5.41, 5.74) is 8.73. The van der Waals surface area contributed by atoms with Crippen LogP contribution in [0.2, 0.25) is 0 Å². The van der Waals surface area contributed by atoms with Gasteiger partial charge in [-0.15, -0.1) is 11.8 Å². The fourth-order valence-corrected chi connectivity index (χ4v) is 4.40. The molecule has 3 aromatic carbocycles. The van der Waals surface area contributed by atoms with E-state index in [1.165, 1.54) is 33.7 Å². The Morgan fingerprint density at radius 1 is 0.963 bits per heavy atom. The van der Waals surface area contributed by atoms with E-state index in [0.717, 1.165) is 17.7 Å². The van der Waals surface area contributed by atoms with Gasteiger partial charge in [0.1, 0.15) is 0 Å². The average Bonchev–Trinajstić information content (AvgIpc) is 3.11. The van der Waals surface area contributed by atoms with Gasteiger partial charge in [-0.2, -0.15) is 0 Å². The fourth-order valence-electron chi connectivity index (χ4n) is 3.57. The van der Waals surface area contributed by atoms with Crippen LogP contribution < -0.4 is 5.73 Å². The van der Waals surface area contributed by atoms with Gasteiger partial charge in [0.05, 0.1) is 5.75 Å². The van der Waals surface area contributed by atoms with Crippen LogP contribution in [0.25, 0.3) is 10.8 Å². The van der Waals surface area contributed by atoms with E-state index in [2.05, 4.69) is 30.3 Å². The van der Waals surface area contributed by atoms with E-state index < -0.39 is 18.0 Å². The van der Waals surface area contributed by atoms with E-state index >= 15 is 0 Å². The summed E-state index contributed by atoms with van der Waals surface area (Å²) >= 11 is 1.43. The molecule has 1 amide bonds. The molecule has 5 heteroatoms. The largest absolute Gasteiger partial charge is 0.447 e. The predicted molar refractivity (Wildman–Crippen MR) is 107 cm³/mol. The Labute approximate surface area is 161 Å². The summed E-state index contributed by atoms with van der Waals surface area (Å²) in [6.45, 7) is 0. The standard InChI is InChI=1S/C22H19NO3S/c23-22(25)21(16-5-2-1-3-6-16)26-19(24)13-27-18-12-11-15-10-9-14-7-4-8-17(18)20(14)15/h1-8,11-12,21H,9-10,13H2,(H2,23,25). The minimum absolute atomic E-state index is 0.120. The number of aryl methyl sites for hydroxylation is 2. The minimum Gasteiger partial charge on any atom is -0.447 e. The average molecular weight is 377 g/mol. The molecule has 0 radical (unpaired) electrons. The van der Waals surface area contributed by atoms with Crippen molar-refractivity contribution >= 4 is 34.4 Å². The second-order valence-corrected chi connectivity index (χ2v) is 7.55. The van der Waals surface area contributed by atoms with E-state index in [1.807, 2.05) is 6.07 Å². The predicted octanol–water partition coefficient (Wildman–Crippen LogP) is 3.80. The third-order valence-electron chi connectivity index (χ3n) is 4.79. The number of primary amides is 1. The summed E-state index contributed by atoms with van der Waals surface area (Å²) in [4.78, 5) is 25.1. The zero-order valence-electron chi connectivity index (χ0n) is 14.7. The first kappa shape index (κ1) is 17.6. The zero-order valence-corrected chi connectivity index (χ0v) is 15.5. The van der Waals surface area contributed by atoms with Crippen LogP contribution in [0.4, 0.5) is 0 Å².